The number of carbonyl (C=O) groups excluding carboxylic acids is 1. The monoisotopic (exact) mass is 421 g/mol. The molecule has 0 radical (unpaired) electrons. The number of anilines is 1. The molecule has 0 aliphatic carbocycles. The summed E-state index contributed by atoms with van der Waals surface area (Å²) in [5.41, 5.74) is 5.43. The van der Waals surface area contributed by atoms with Crippen LogP contribution in [-0.2, 0) is 11.3 Å². The van der Waals surface area contributed by atoms with E-state index in [-0.39, 0.29) is 5.97 Å². The van der Waals surface area contributed by atoms with Gasteiger partial charge in [0.25, 0.3) is 0 Å². The molecule has 1 saturated heterocycles. The number of nitrogens with one attached hydrogen (secondary N) is 1. The number of hydrogen-bond acceptors (Lipinski definition) is 6. The van der Waals surface area contributed by atoms with Crippen LogP contribution in [-0.4, -0.2) is 58.2 Å². The Hall–Kier alpha value is -2.93. The minimum Gasteiger partial charge on any atom is -0.462 e. The molecular weight excluding hydrogens is 390 g/mol. The van der Waals surface area contributed by atoms with Crippen LogP contribution in [0.1, 0.15) is 47.1 Å². The van der Waals surface area contributed by atoms with Crippen LogP contribution in [0.5, 0.6) is 0 Å². The summed E-state index contributed by atoms with van der Waals surface area (Å²) in [6, 6.07) is 10.1. The standard InChI is InChI=1S/C24H31N5O2/c1-5-31-23(30)18-8-9-20-22(14-18)29(15-21-16(2)6-7-17(3)25-21)24(27-20)26-19-10-12-28(4)13-11-19/h6-9,14,19H,5,10-13,15H2,1-4H3,(H,26,27). The lowest BCUT2D eigenvalue weighted by Gasteiger charge is -2.30. The largest absolute Gasteiger partial charge is 0.462 e. The predicted octanol–water partition coefficient (Wildman–Crippen LogP) is 3.78. The van der Waals surface area contributed by atoms with Gasteiger partial charge in [-0.1, -0.05) is 6.07 Å². The molecule has 0 unspecified atom stereocenters. The van der Waals surface area contributed by atoms with Gasteiger partial charge in [0.05, 0.1) is 35.4 Å². The van der Waals surface area contributed by atoms with Gasteiger partial charge < -0.3 is 19.5 Å². The Morgan fingerprint density at radius 2 is 1.94 bits per heavy atom. The summed E-state index contributed by atoms with van der Waals surface area (Å²) in [7, 11) is 2.16. The lowest BCUT2D eigenvalue weighted by Crippen LogP contribution is -2.37. The van der Waals surface area contributed by atoms with Crippen LogP contribution in [0.25, 0.3) is 11.0 Å². The summed E-state index contributed by atoms with van der Waals surface area (Å²) in [6.45, 7) is 8.99. The molecule has 3 heterocycles. The Bertz CT molecular complexity index is 1080. The van der Waals surface area contributed by atoms with Crippen molar-refractivity contribution in [2.75, 3.05) is 32.1 Å². The number of benzene rings is 1. The molecular formula is C24H31N5O2. The first-order valence-electron chi connectivity index (χ1n) is 11.0. The first-order valence-corrected chi connectivity index (χ1v) is 11.0. The minimum absolute atomic E-state index is 0.313. The maximum atomic E-state index is 12.3. The molecule has 31 heavy (non-hydrogen) atoms. The quantitative estimate of drug-likeness (QED) is 0.611. The number of esters is 1. The van der Waals surface area contributed by atoms with E-state index in [4.69, 9.17) is 14.7 Å². The van der Waals surface area contributed by atoms with Crippen LogP contribution in [0, 0.1) is 13.8 Å². The topological polar surface area (TPSA) is 72.3 Å². The van der Waals surface area contributed by atoms with Crippen molar-refractivity contribution in [3.05, 3.63) is 52.8 Å². The SMILES string of the molecule is CCOC(=O)c1ccc2nc(NC3CCN(C)CC3)n(Cc3nc(C)ccc3C)c2c1. The fraction of sp³-hybridized carbons (Fsp3) is 0.458. The third-order valence-electron chi connectivity index (χ3n) is 5.96. The van der Waals surface area contributed by atoms with Crippen molar-refractivity contribution in [3.63, 3.8) is 0 Å². The van der Waals surface area contributed by atoms with Gasteiger partial charge in [0.1, 0.15) is 0 Å². The number of hydrogen-bond donors (Lipinski definition) is 1. The molecule has 7 nitrogen and oxygen atoms in total. The number of carbonyl (C=O) groups is 1. The molecule has 164 valence electrons. The Kier molecular flexibility index (Phi) is 6.23. The van der Waals surface area contributed by atoms with Crippen LogP contribution in [0.3, 0.4) is 0 Å². The molecule has 0 amide bonds. The maximum Gasteiger partial charge on any atom is 0.338 e. The van der Waals surface area contributed by atoms with Crippen molar-refractivity contribution >= 4 is 23.0 Å². The molecule has 1 aromatic carbocycles. The lowest BCUT2D eigenvalue weighted by atomic mass is 10.1. The van der Waals surface area contributed by atoms with E-state index in [1.807, 2.05) is 32.0 Å². The average Bonchev–Trinajstić information content (AvgIpc) is 3.09. The number of aromatic nitrogens is 3. The van der Waals surface area contributed by atoms with Gasteiger partial charge in [-0.2, -0.15) is 0 Å². The summed E-state index contributed by atoms with van der Waals surface area (Å²) >= 11 is 0. The number of pyridine rings is 1. The van der Waals surface area contributed by atoms with Crippen molar-refractivity contribution < 1.29 is 9.53 Å². The summed E-state index contributed by atoms with van der Waals surface area (Å²) < 4.78 is 7.35. The molecule has 3 aromatic rings. The lowest BCUT2D eigenvalue weighted by molar-refractivity contribution is 0.0526. The zero-order valence-corrected chi connectivity index (χ0v) is 18.8. The van der Waals surface area contributed by atoms with E-state index >= 15 is 0 Å². The predicted molar refractivity (Wildman–Crippen MR) is 123 cm³/mol. The van der Waals surface area contributed by atoms with Crippen molar-refractivity contribution in [2.24, 2.45) is 0 Å². The van der Waals surface area contributed by atoms with Gasteiger partial charge in [0.15, 0.2) is 0 Å². The van der Waals surface area contributed by atoms with Crippen molar-refractivity contribution in [1.29, 1.82) is 0 Å². The Balaban J connectivity index is 1.74. The van der Waals surface area contributed by atoms with Gasteiger partial charge >= 0.3 is 5.97 Å². The molecule has 1 N–H and O–H groups in total. The molecule has 0 spiro atoms. The summed E-state index contributed by atoms with van der Waals surface area (Å²) in [5, 5.41) is 3.67. The van der Waals surface area contributed by atoms with Crippen molar-refractivity contribution in [3.8, 4) is 0 Å². The third kappa shape index (κ3) is 4.71. The molecule has 4 rings (SSSR count). The van der Waals surface area contributed by atoms with Gasteiger partial charge in [-0.15, -0.1) is 0 Å². The number of nitrogens with zero attached hydrogens (tertiary/aromatic N) is 4. The van der Waals surface area contributed by atoms with Gasteiger partial charge in [-0.05, 0) is 83.6 Å². The number of piperidine rings is 1. The van der Waals surface area contributed by atoms with Crippen molar-refractivity contribution in [1.82, 2.24) is 19.4 Å². The molecule has 0 saturated carbocycles. The highest BCUT2D eigenvalue weighted by Gasteiger charge is 2.21. The summed E-state index contributed by atoms with van der Waals surface area (Å²) in [6.07, 6.45) is 2.16. The molecule has 2 aromatic heterocycles. The van der Waals surface area contributed by atoms with Crippen LogP contribution < -0.4 is 5.32 Å². The van der Waals surface area contributed by atoms with E-state index in [0.717, 1.165) is 59.9 Å². The summed E-state index contributed by atoms with van der Waals surface area (Å²) in [5.74, 6) is 0.514. The number of imidazole rings is 1. The van der Waals surface area contributed by atoms with Crippen molar-refractivity contribution in [2.45, 2.75) is 46.2 Å². The number of ether oxygens (including phenoxy) is 1. The number of rotatable bonds is 6. The van der Waals surface area contributed by atoms with Gasteiger partial charge in [-0.25, -0.2) is 9.78 Å². The molecule has 7 heteroatoms. The smallest absolute Gasteiger partial charge is 0.338 e. The van der Waals surface area contributed by atoms with E-state index in [1.165, 1.54) is 0 Å². The average molecular weight is 422 g/mol. The van der Waals surface area contributed by atoms with E-state index in [9.17, 15) is 4.79 Å². The van der Waals surface area contributed by atoms with Crippen LogP contribution in [0.4, 0.5) is 5.95 Å². The van der Waals surface area contributed by atoms with Gasteiger partial charge in [0.2, 0.25) is 5.95 Å². The van der Waals surface area contributed by atoms with Crippen LogP contribution >= 0.6 is 0 Å². The van der Waals surface area contributed by atoms with E-state index < -0.39 is 0 Å². The molecule has 0 bridgehead atoms. The fourth-order valence-corrected chi connectivity index (χ4v) is 4.06. The highest BCUT2D eigenvalue weighted by atomic mass is 16.5. The second kappa shape index (κ2) is 9.06. The van der Waals surface area contributed by atoms with Crippen LogP contribution in [0.2, 0.25) is 0 Å². The Labute approximate surface area is 183 Å². The number of fused-ring (bicyclic) bond motifs is 1. The second-order valence-electron chi connectivity index (χ2n) is 8.38. The zero-order chi connectivity index (χ0) is 22.0. The highest BCUT2D eigenvalue weighted by molar-refractivity contribution is 5.94. The molecule has 1 fully saturated rings. The first-order chi connectivity index (χ1) is 14.9. The van der Waals surface area contributed by atoms with E-state index in [2.05, 4.69) is 34.8 Å². The first kappa shape index (κ1) is 21.3. The number of aryl methyl sites for hydroxylation is 2. The normalized spacial score (nSPS) is 15.4. The summed E-state index contributed by atoms with van der Waals surface area (Å²) in [4.78, 5) is 24.3. The van der Waals surface area contributed by atoms with Gasteiger partial charge in [0, 0.05) is 11.7 Å². The fourth-order valence-electron chi connectivity index (χ4n) is 4.06. The Morgan fingerprint density at radius 1 is 1.16 bits per heavy atom. The number of likely N-dealkylation sites (tertiary alicyclic amines) is 1. The zero-order valence-electron chi connectivity index (χ0n) is 18.8. The molecule has 1 aliphatic heterocycles. The minimum atomic E-state index is -0.313. The highest BCUT2D eigenvalue weighted by Crippen LogP contribution is 2.25. The van der Waals surface area contributed by atoms with Gasteiger partial charge in [-0.3, -0.25) is 4.98 Å². The molecule has 0 atom stereocenters. The van der Waals surface area contributed by atoms with E-state index in [0.29, 0.717) is 24.8 Å². The third-order valence-corrected chi connectivity index (χ3v) is 5.96. The van der Waals surface area contributed by atoms with E-state index in [1.54, 1.807) is 6.07 Å². The van der Waals surface area contributed by atoms with Crippen LogP contribution in [0.15, 0.2) is 30.3 Å². The second-order valence-corrected chi connectivity index (χ2v) is 8.38. The maximum absolute atomic E-state index is 12.3. The molecule has 1 aliphatic rings. The Morgan fingerprint density at radius 3 is 2.68 bits per heavy atom.